The smallest absolute Gasteiger partial charge is 0.118 e. The standard InChI is InChI=1S/C13H14BrNOS/c1-8-7-10(3-4-12(8)16)15-9(2)13-11(14)5-6-17-13/h3-7,9,15-16H,1-2H3. The maximum atomic E-state index is 9.47. The minimum absolute atomic E-state index is 0.244. The molecule has 90 valence electrons. The summed E-state index contributed by atoms with van der Waals surface area (Å²) in [7, 11) is 0. The van der Waals surface area contributed by atoms with Crippen molar-refractivity contribution in [1.82, 2.24) is 0 Å². The van der Waals surface area contributed by atoms with Gasteiger partial charge in [-0.3, -0.25) is 0 Å². The van der Waals surface area contributed by atoms with E-state index in [2.05, 4.69) is 39.6 Å². The van der Waals surface area contributed by atoms with Gasteiger partial charge in [-0.25, -0.2) is 0 Å². The second-order valence-corrected chi connectivity index (χ2v) is 5.80. The van der Waals surface area contributed by atoms with Crippen molar-refractivity contribution in [3.63, 3.8) is 0 Å². The van der Waals surface area contributed by atoms with Crippen LogP contribution in [-0.2, 0) is 0 Å². The van der Waals surface area contributed by atoms with E-state index in [1.54, 1.807) is 17.4 Å². The molecule has 0 saturated carbocycles. The Bertz CT molecular complexity index is 524. The Labute approximate surface area is 113 Å². The van der Waals surface area contributed by atoms with Crippen LogP contribution in [0.15, 0.2) is 34.1 Å². The van der Waals surface area contributed by atoms with E-state index in [0.29, 0.717) is 5.75 Å². The van der Waals surface area contributed by atoms with Gasteiger partial charge in [-0.15, -0.1) is 11.3 Å². The topological polar surface area (TPSA) is 32.3 Å². The summed E-state index contributed by atoms with van der Waals surface area (Å²) in [5.74, 6) is 0.334. The van der Waals surface area contributed by atoms with E-state index in [-0.39, 0.29) is 6.04 Å². The molecule has 0 amide bonds. The summed E-state index contributed by atoms with van der Waals surface area (Å²) >= 11 is 5.26. The van der Waals surface area contributed by atoms with Crippen molar-refractivity contribution in [3.05, 3.63) is 44.6 Å². The van der Waals surface area contributed by atoms with E-state index < -0.39 is 0 Å². The Kier molecular flexibility index (Phi) is 3.74. The number of phenolic OH excluding ortho intramolecular Hbond substituents is 1. The summed E-state index contributed by atoms with van der Waals surface area (Å²) in [6.07, 6.45) is 0. The van der Waals surface area contributed by atoms with Crippen molar-refractivity contribution < 1.29 is 5.11 Å². The Balaban J connectivity index is 2.16. The largest absolute Gasteiger partial charge is 0.508 e. The van der Waals surface area contributed by atoms with Crippen LogP contribution in [-0.4, -0.2) is 5.11 Å². The highest BCUT2D eigenvalue weighted by atomic mass is 79.9. The van der Waals surface area contributed by atoms with Gasteiger partial charge < -0.3 is 10.4 Å². The Morgan fingerprint density at radius 3 is 2.71 bits per heavy atom. The third-order valence-electron chi connectivity index (χ3n) is 2.62. The molecule has 17 heavy (non-hydrogen) atoms. The van der Waals surface area contributed by atoms with Crippen molar-refractivity contribution in [2.45, 2.75) is 19.9 Å². The highest BCUT2D eigenvalue weighted by molar-refractivity contribution is 9.10. The van der Waals surface area contributed by atoms with Crippen molar-refractivity contribution in [2.24, 2.45) is 0 Å². The zero-order valence-corrected chi connectivity index (χ0v) is 12.1. The SMILES string of the molecule is Cc1cc(NC(C)c2sccc2Br)ccc1O. The number of phenols is 1. The lowest BCUT2D eigenvalue weighted by Gasteiger charge is -2.15. The second kappa shape index (κ2) is 5.10. The fraction of sp³-hybridized carbons (Fsp3) is 0.231. The van der Waals surface area contributed by atoms with Crippen molar-refractivity contribution in [1.29, 1.82) is 0 Å². The highest BCUT2D eigenvalue weighted by Crippen LogP contribution is 2.31. The fourth-order valence-electron chi connectivity index (χ4n) is 1.68. The summed E-state index contributed by atoms with van der Waals surface area (Å²) in [6, 6.07) is 7.86. The second-order valence-electron chi connectivity index (χ2n) is 4.00. The number of benzene rings is 1. The quantitative estimate of drug-likeness (QED) is 0.805. The van der Waals surface area contributed by atoms with E-state index in [1.165, 1.54) is 4.88 Å². The fourth-order valence-corrected chi connectivity index (χ4v) is 3.40. The summed E-state index contributed by atoms with van der Waals surface area (Å²) in [5, 5.41) is 15.0. The van der Waals surface area contributed by atoms with Crippen LogP contribution in [0.3, 0.4) is 0 Å². The maximum absolute atomic E-state index is 9.47. The molecule has 0 bridgehead atoms. The minimum atomic E-state index is 0.244. The molecule has 0 aliphatic rings. The van der Waals surface area contributed by atoms with Crippen molar-refractivity contribution in [2.75, 3.05) is 5.32 Å². The highest BCUT2D eigenvalue weighted by Gasteiger charge is 2.10. The first-order valence-corrected chi connectivity index (χ1v) is 7.04. The molecular formula is C13H14BrNOS. The van der Waals surface area contributed by atoms with Crippen LogP contribution in [0, 0.1) is 6.92 Å². The average molecular weight is 312 g/mol. The Hall–Kier alpha value is -1.00. The number of hydrogen-bond donors (Lipinski definition) is 2. The lowest BCUT2D eigenvalue weighted by atomic mass is 10.2. The molecule has 1 aromatic carbocycles. The molecule has 0 saturated heterocycles. The first-order valence-electron chi connectivity index (χ1n) is 5.37. The van der Waals surface area contributed by atoms with Crippen molar-refractivity contribution in [3.8, 4) is 5.75 Å². The molecule has 4 heteroatoms. The molecule has 2 aromatic rings. The summed E-state index contributed by atoms with van der Waals surface area (Å²) in [6.45, 7) is 4.02. The van der Waals surface area contributed by atoms with Crippen LogP contribution in [0.4, 0.5) is 5.69 Å². The average Bonchev–Trinajstić information content (AvgIpc) is 2.70. The molecule has 2 nitrogen and oxygen atoms in total. The first kappa shape index (κ1) is 12.5. The number of rotatable bonds is 3. The summed E-state index contributed by atoms with van der Waals surface area (Å²) < 4.78 is 1.14. The molecule has 0 aliphatic carbocycles. The van der Waals surface area contributed by atoms with E-state index in [1.807, 2.05) is 19.1 Å². The number of anilines is 1. The third kappa shape index (κ3) is 2.82. The summed E-state index contributed by atoms with van der Waals surface area (Å²) in [5.41, 5.74) is 1.90. The molecule has 1 unspecified atom stereocenters. The van der Waals surface area contributed by atoms with Crippen LogP contribution in [0.25, 0.3) is 0 Å². The van der Waals surface area contributed by atoms with Gasteiger partial charge in [0.25, 0.3) is 0 Å². The van der Waals surface area contributed by atoms with E-state index in [4.69, 9.17) is 0 Å². The van der Waals surface area contributed by atoms with E-state index >= 15 is 0 Å². The van der Waals surface area contributed by atoms with Gasteiger partial charge in [-0.1, -0.05) is 0 Å². The lowest BCUT2D eigenvalue weighted by molar-refractivity contribution is 0.471. The maximum Gasteiger partial charge on any atom is 0.118 e. The zero-order chi connectivity index (χ0) is 12.4. The number of thiophene rings is 1. The molecular weight excluding hydrogens is 298 g/mol. The summed E-state index contributed by atoms with van der Waals surface area (Å²) in [4.78, 5) is 1.27. The van der Waals surface area contributed by atoms with E-state index in [9.17, 15) is 5.11 Å². The Morgan fingerprint density at radius 2 is 2.12 bits per heavy atom. The monoisotopic (exact) mass is 311 g/mol. The number of halogens is 1. The molecule has 2 N–H and O–H groups in total. The zero-order valence-electron chi connectivity index (χ0n) is 9.70. The van der Waals surface area contributed by atoms with Gasteiger partial charge >= 0.3 is 0 Å². The molecule has 0 spiro atoms. The number of aromatic hydroxyl groups is 1. The molecule has 1 atom stereocenters. The van der Waals surface area contributed by atoms with Gasteiger partial charge in [-0.05, 0) is 65.0 Å². The minimum Gasteiger partial charge on any atom is -0.508 e. The van der Waals surface area contributed by atoms with Gasteiger partial charge in [0.1, 0.15) is 5.75 Å². The predicted molar refractivity (Wildman–Crippen MR) is 76.9 cm³/mol. The van der Waals surface area contributed by atoms with Gasteiger partial charge in [0.05, 0.1) is 6.04 Å². The predicted octanol–water partition coefficient (Wildman–Crippen LogP) is 4.70. The lowest BCUT2D eigenvalue weighted by Crippen LogP contribution is -2.05. The first-order chi connectivity index (χ1) is 8.08. The molecule has 2 rings (SSSR count). The van der Waals surface area contributed by atoms with Crippen molar-refractivity contribution >= 4 is 33.0 Å². The molecule has 0 radical (unpaired) electrons. The van der Waals surface area contributed by atoms with Crippen LogP contribution >= 0.6 is 27.3 Å². The van der Waals surface area contributed by atoms with Gasteiger partial charge in [0, 0.05) is 15.0 Å². The van der Waals surface area contributed by atoms with E-state index in [0.717, 1.165) is 15.7 Å². The molecule has 0 fully saturated rings. The number of aryl methyl sites for hydroxylation is 1. The van der Waals surface area contributed by atoms with Gasteiger partial charge in [0.2, 0.25) is 0 Å². The molecule has 0 aliphatic heterocycles. The third-order valence-corrected chi connectivity index (χ3v) is 4.67. The van der Waals surface area contributed by atoms with Gasteiger partial charge in [-0.2, -0.15) is 0 Å². The van der Waals surface area contributed by atoms with Crippen LogP contribution in [0.5, 0.6) is 5.75 Å². The molecule has 1 heterocycles. The number of hydrogen-bond acceptors (Lipinski definition) is 3. The van der Waals surface area contributed by atoms with Gasteiger partial charge in [0.15, 0.2) is 0 Å². The molecule has 1 aromatic heterocycles. The Morgan fingerprint density at radius 1 is 1.35 bits per heavy atom. The van der Waals surface area contributed by atoms with Crippen LogP contribution < -0.4 is 5.32 Å². The normalized spacial score (nSPS) is 12.4. The van der Waals surface area contributed by atoms with Crippen LogP contribution in [0.1, 0.15) is 23.4 Å². The van der Waals surface area contributed by atoms with Crippen LogP contribution in [0.2, 0.25) is 0 Å². The number of nitrogens with one attached hydrogen (secondary N) is 1.